The highest BCUT2D eigenvalue weighted by Gasteiger charge is 2.16. The van der Waals surface area contributed by atoms with Crippen LogP contribution in [0.3, 0.4) is 0 Å². The van der Waals surface area contributed by atoms with Gasteiger partial charge in [0.15, 0.2) is 0 Å². The van der Waals surface area contributed by atoms with Gasteiger partial charge in [0, 0.05) is 11.5 Å². The van der Waals surface area contributed by atoms with Crippen LogP contribution in [0.15, 0.2) is 45.7 Å². The van der Waals surface area contributed by atoms with Gasteiger partial charge in [-0.25, -0.2) is 0 Å². The van der Waals surface area contributed by atoms with E-state index in [2.05, 4.69) is 15.9 Å². The van der Waals surface area contributed by atoms with Gasteiger partial charge < -0.3 is 15.1 Å². The van der Waals surface area contributed by atoms with E-state index in [9.17, 15) is 4.79 Å². The van der Waals surface area contributed by atoms with Crippen LogP contribution in [0.2, 0.25) is 0 Å². The molecule has 17 heavy (non-hydrogen) atoms. The smallest absolute Gasteiger partial charge is 0.261 e. The number of nitrogens with zero attached hydrogens (tertiary/aromatic N) is 1. The fourth-order valence-corrected chi connectivity index (χ4v) is 1.90. The van der Waals surface area contributed by atoms with Crippen LogP contribution in [-0.2, 0) is 0 Å². The molecule has 1 aromatic carbocycles. The van der Waals surface area contributed by atoms with E-state index in [-0.39, 0.29) is 5.91 Å². The van der Waals surface area contributed by atoms with Gasteiger partial charge in [0.25, 0.3) is 5.91 Å². The lowest BCUT2D eigenvalue weighted by molar-refractivity contribution is 0.0992. The number of rotatable bonds is 2. The van der Waals surface area contributed by atoms with Crippen LogP contribution < -0.4 is 10.6 Å². The normalized spacial score (nSPS) is 10.2. The number of benzene rings is 1. The number of hydrogen-bond donors (Lipinski definition) is 1. The van der Waals surface area contributed by atoms with Gasteiger partial charge in [-0.3, -0.25) is 4.79 Å². The van der Waals surface area contributed by atoms with Crippen LogP contribution >= 0.6 is 15.9 Å². The molecule has 0 radical (unpaired) electrons. The van der Waals surface area contributed by atoms with E-state index in [0.717, 1.165) is 4.47 Å². The van der Waals surface area contributed by atoms with Gasteiger partial charge in [-0.05, 0) is 24.3 Å². The van der Waals surface area contributed by atoms with Crippen molar-refractivity contribution in [3.63, 3.8) is 0 Å². The van der Waals surface area contributed by atoms with Crippen LogP contribution in [0.5, 0.6) is 0 Å². The van der Waals surface area contributed by atoms with Gasteiger partial charge in [0.2, 0.25) is 0 Å². The molecule has 1 amide bonds. The first kappa shape index (κ1) is 11.7. The SMILES string of the molecule is CN(C(=O)c1ccoc1)c1ccc(Br)cc1N. The molecule has 88 valence electrons. The maximum atomic E-state index is 12.0. The minimum Gasteiger partial charge on any atom is -0.472 e. The molecule has 0 saturated heterocycles. The van der Waals surface area contributed by atoms with Crippen molar-refractivity contribution in [2.45, 2.75) is 0 Å². The number of nitrogen functional groups attached to an aromatic ring is 1. The van der Waals surface area contributed by atoms with Crippen molar-refractivity contribution in [3.8, 4) is 0 Å². The largest absolute Gasteiger partial charge is 0.472 e. The van der Waals surface area contributed by atoms with E-state index < -0.39 is 0 Å². The van der Waals surface area contributed by atoms with Crippen LogP contribution in [0.1, 0.15) is 10.4 Å². The van der Waals surface area contributed by atoms with E-state index in [0.29, 0.717) is 16.9 Å². The summed E-state index contributed by atoms with van der Waals surface area (Å²) in [6.45, 7) is 0. The van der Waals surface area contributed by atoms with Crippen LogP contribution in [0.25, 0.3) is 0 Å². The molecule has 0 saturated carbocycles. The summed E-state index contributed by atoms with van der Waals surface area (Å²) in [7, 11) is 1.68. The summed E-state index contributed by atoms with van der Waals surface area (Å²) in [4.78, 5) is 13.5. The van der Waals surface area contributed by atoms with E-state index in [1.54, 1.807) is 25.2 Å². The number of carbonyl (C=O) groups excluding carboxylic acids is 1. The van der Waals surface area contributed by atoms with E-state index in [1.165, 1.54) is 17.4 Å². The zero-order valence-electron chi connectivity index (χ0n) is 9.18. The number of nitrogens with two attached hydrogens (primary N) is 1. The summed E-state index contributed by atoms with van der Waals surface area (Å²) >= 11 is 3.32. The summed E-state index contributed by atoms with van der Waals surface area (Å²) in [6, 6.07) is 7.00. The molecule has 1 heterocycles. The Morgan fingerprint density at radius 3 is 2.76 bits per heavy atom. The van der Waals surface area contributed by atoms with Crippen molar-refractivity contribution in [1.82, 2.24) is 0 Å². The molecule has 0 atom stereocenters. The van der Waals surface area contributed by atoms with Crippen molar-refractivity contribution < 1.29 is 9.21 Å². The fourth-order valence-electron chi connectivity index (χ4n) is 1.52. The quantitative estimate of drug-likeness (QED) is 0.867. The Morgan fingerprint density at radius 2 is 2.18 bits per heavy atom. The summed E-state index contributed by atoms with van der Waals surface area (Å²) in [6.07, 6.45) is 2.87. The molecule has 2 N–H and O–H groups in total. The number of anilines is 2. The average molecular weight is 295 g/mol. The molecule has 0 aliphatic rings. The third-order valence-corrected chi connectivity index (χ3v) is 2.92. The Kier molecular flexibility index (Phi) is 3.19. The Hall–Kier alpha value is -1.75. The first-order valence-electron chi connectivity index (χ1n) is 4.95. The van der Waals surface area contributed by atoms with Gasteiger partial charge in [-0.1, -0.05) is 15.9 Å². The molecular weight excluding hydrogens is 284 g/mol. The number of halogens is 1. The average Bonchev–Trinajstić information content (AvgIpc) is 2.80. The van der Waals surface area contributed by atoms with Crippen molar-refractivity contribution in [2.24, 2.45) is 0 Å². The van der Waals surface area contributed by atoms with E-state index in [1.807, 2.05) is 6.07 Å². The number of hydrogen-bond acceptors (Lipinski definition) is 3. The van der Waals surface area contributed by atoms with Gasteiger partial charge in [0.05, 0.1) is 23.2 Å². The first-order chi connectivity index (χ1) is 8.09. The number of furan rings is 1. The number of amides is 1. The fraction of sp³-hybridized carbons (Fsp3) is 0.0833. The molecular formula is C12H11BrN2O2. The maximum Gasteiger partial charge on any atom is 0.261 e. The van der Waals surface area contributed by atoms with Crippen LogP contribution in [-0.4, -0.2) is 13.0 Å². The third kappa shape index (κ3) is 2.34. The predicted octanol–water partition coefficient (Wildman–Crippen LogP) is 2.90. The summed E-state index contributed by atoms with van der Waals surface area (Å²) in [5, 5.41) is 0. The van der Waals surface area contributed by atoms with Crippen molar-refractivity contribution in [3.05, 3.63) is 46.8 Å². The molecule has 2 rings (SSSR count). The Morgan fingerprint density at radius 1 is 1.41 bits per heavy atom. The molecule has 0 spiro atoms. The minimum atomic E-state index is -0.159. The summed E-state index contributed by atoms with van der Waals surface area (Å²) in [5.74, 6) is -0.159. The number of carbonyl (C=O) groups is 1. The monoisotopic (exact) mass is 294 g/mol. The molecule has 1 aromatic heterocycles. The second-order valence-electron chi connectivity index (χ2n) is 3.58. The Labute approximate surface area is 107 Å². The minimum absolute atomic E-state index is 0.159. The standard InChI is InChI=1S/C12H11BrN2O2/c1-15(12(16)8-4-5-17-7-8)11-3-2-9(13)6-10(11)14/h2-7H,14H2,1H3. The molecule has 2 aromatic rings. The van der Waals surface area contributed by atoms with Crippen LogP contribution in [0.4, 0.5) is 11.4 Å². The highest BCUT2D eigenvalue weighted by Crippen LogP contribution is 2.26. The topological polar surface area (TPSA) is 59.5 Å². The van der Waals surface area contributed by atoms with Gasteiger partial charge in [-0.15, -0.1) is 0 Å². The summed E-state index contributed by atoms with van der Waals surface area (Å²) in [5.41, 5.74) is 7.57. The predicted molar refractivity (Wildman–Crippen MR) is 70.0 cm³/mol. The zero-order valence-corrected chi connectivity index (χ0v) is 10.8. The molecule has 5 heteroatoms. The van der Waals surface area contributed by atoms with Crippen molar-refractivity contribution >= 4 is 33.2 Å². The molecule has 4 nitrogen and oxygen atoms in total. The lowest BCUT2D eigenvalue weighted by Gasteiger charge is -2.18. The second kappa shape index (κ2) is 4.63. The van der Waals surface area contributed by atoms with Gasteiger partial charge in [-0.2, -0.15) is 0 Å². The molecule has 0 aliphatic carbocycles. The highest BCUT2D eigenvalue weighted by molar-refractivity contribution is 9.10. The summed E-state index contributed by atoms with van der Waals surface area (Å²) < 4.78 is 5.76. The Balaban J connectivity index is 2.31. The van der Waals surface area contributed by atoms with Crippen LogP contribution in [0, 0.1) is 0 Å². The molecule has 0 aliphatic heterocycles. The van der Waals surface area contributed by atoms with Crippen molar-refractivity contribution in [1.29, 1.82) is 0 Å². The highest BCUT2D eigenvalue weighted by atomic mass is 79.9. The zero-order chi connectivity index (χ0) is 12.4. The third-order valence-electron chi connectivity index (χ3n) is 2.42. The van der Waals surface area contributed by atoms with Gasteiger partial charge >= 0.3 is 0 Å². The van der Waals surface area contributed by atoms with Crippen molar-refractivity contribution in [2.75, 3.05) is 17.7 Å². The Bertz CT molecular complexity index is 537. The van der Waals surface area contributed by atoms with E-state index >= 15 is 0 Å². The lowest BCUT2D eigenvalue weighted by Crippen LogP contribution is -2.26. The maximum absolute atomic E-state index is 12.0. The van der Waals surface area contributed by atoms with E-state index in [4.69, 9.17) is 10.2 Å². The molecule has 0 unspecified atom stereocenters. The molecule has 0 bridgehead atoms. The molecule has 0 fully saturated rings. The second-order valence-corrected chi connectivity index (χ2v) is 4.50. The first-order valence-corrected chi connectivity index (χ1v) is 5.74. The lowest BCUT2D eigenvalue weighted by atomic mass is 10.2. The van der Waals surface area contributed by atoms with Gasteiger partial charge in [0.1, 0.15) is 6.26 Å².